The minimum absolute atomic E-state index is 0.195. The Bertz CT molecular complexity index is 717. The minimum Gasteiger partial charge on any atom is -0.478 e. The molecule has 0 spiro atoms. The van der Waals surface area contributed by atoms with E-state index in [-0.39, 0.29) is 11.3 Å². The zero-order valence-corrected chi connectivity index (χ0v) is 11.1. The van der Waals surface area contributed by atoms with Crippen molar-refractivity contribution >= 4 is 29.2 Å². The molecule has 2 aromatic carbocycles. The summed E-state index contributed by atoms with van der Waals surface area (Å²) in [6.45, 7) is 0. The molecule has 0 unspecified atom stereocenters. The Morgan fingerprint density at radius 1 is 1.05 bits per heavy atom. The van der Waals surface area contributed by atoms with Crippen LogP contribution in [0.2, 0.25) is 5.02 Å². The fraction of sp³-hybridized carbons (Fsp3) is 0. The highest BCUT2D eigenvalue weighted by molar-refractivity contribution is 6.30. The zero-order chi connectivity index (χ0) is 15.6. The molecule has 0 aliphatic carbocycles. The van der Waals surface area contributed by atoms with Gasteiger partial charge < -0.3 is 10.4 Å². The number of carboxylic acid groups (broad SMARTS) is 1. The van der Waals surface area contributed by atoms with Gasteiger partial charge in [0, 0.05) is 16.7 Å². The van der Waals surface area contributed by atoms with Gasteiger partial charge in [-0.15, -0.1) is 0 Å². The fourth-order valence-corrected chi connectivity index (χ4v) is 1.75. The van der Waals surface area contributed by atoms with Crippen molar-refractivity contribution in [2.24, 2.45) is 0 Å². The smallest absolute Gasteiger partial charge is 0.337 e. The molecule has 0 fully saturated rings. The lowest BCUT2D eigenvalue weighted by Gasteiger charge is -2.09. The van der Waals surface area contributed by atoms with Crippen molar-refractivity contribution in [3.8, 4) is 0 Å². The maximum atomic E-state index is 13.2. The Morgan fingerprint density at radius 2 is 1.62 bits per heavy atom. The molecule has 0 aliphatic heterocycles. The van der Waals surface area contributed by atoms with Crippen LogP contribution in [0.5, 0.6) is 0 Å². The van der Waals surface area contributed by atoms with Crippen molar-refractivity contribution < 1.29 is 23.5 Å². The molecule has 0 saturated heterocycles. The van der Waals surface area contributed by atoms with Gasteiger partial charge in [0.25, 0.3) is 5.91 Å². The quantitative estimate of drug-likeness (QED) is 0.910. The van der Waals surface area contributed by atoms with E-state index in [4.69, 9.17) is 16.7 Å². The molecule has 108 valence electrons. The number of carbonyl (C=O) groups is 2. The summed E-state index contributed by atoms with van der Waals surface area (Å²) in [5.74, 6) is -4.72. The van der Waals surface area contributed by atoms with Crippen molar-refractivity contribution in [1.29, 1.82) is 0 Å². The molecule has 0 bridgehead atoms. The predicted molar refractivity (Wildman–Crippen MR) is 72.7 cm³/mol. The van der Waals surface area contributed by atoms with Gasteiger partial charge in [-0.3, -0.25) is 4.79 Å². The lowest BCUT2D eigenvalue weighted by molar-refractivity contribution is 0.0697. The summed E-state index contributed by atoms with van der Waals surface area (Å²) >= 11 is 5.68. The Balaban J connectivity index is 2.34. The maximum absolute atomic E-state index is 13.2. The molecular formula is C14H8ClF2NO3. The van der Waals surface area contributed by atoms with E-state index in [9.17, 15) is 18.4 Å². The van der Waals surface area contributed by atoms with Crippen LogP contribution < -0.4 is 5.32 Å². The van der Waals surface area contributed by atoms with Gasteiger partial charge in [0.05, 0.1) is 11.3 Å². The monoisotopic (exact) mass is 311 g/mol. The van der Waals surface area contributed by atoms with Crippen LogP contribution in [-0.4, -0.2) is 17.0 Å². The average molecular weight is 312 g/mol. The molecule has 4 nitrogen and oxygen atoms in total. The molecule has 2 aromatic rings. The highest BCUT2D eigenvalue weighted by Crippen LogP contribution is 2.21. The SMILES string of the molecule is O=C(Nc1cc(F)c(F)cc1C(=O)O)c1ccc(Cl)cc1. The van der Waals surface area contributed by atoms with Crippen molar-refractivity contribution in [3.05, 3.63) is 64.2 Å². The first-order valence-corrected chi connectivity index (χ1v) is 6.05. The van der Waals surface area contributed by atoms with E-state index in [1.54, 1.807) is 0 Å². The number of aromatic carboxylic acids is 1. The van der Waals surface area contributed by atoms with E-state index in [0.717, 1.165) is 0 Å². The number of hydrogen-bond donors (Lipinski definition) is 2. The van der Waals surface area contributed by atoms with Gasteiger partial charge in [0.2, 0.25) is 0 Å². The number of anilines is 1. The van der Waals surface area contributed by atoms with Crippen molar-refractivity contribution in [1.82, 2.24) is 0 Å². The molecule has 0 atom stereocenters. The molecule has 2 N–H and O–H groups in total. The summed E-state index contributed by atoms with van der Waals surface area (Å²) in [6.07, 6.45) is 0. The lowest BCUT2D eigenvalue weighted by atomic mass is 10.1. The van der Waals surface area contributed by atoms with E-state index in [1.165, 1.54) is 24.3 Å². The Kier molecular flexibility index (Phi) is 4.18. The van der Waals surface area contributed by atoms with Crippen molar-refractivity contribution in [3.63, 3.8) is 0 Å². The molecule has 21 heavy (non-hydrogen) atoms. The third kappa shape index (κ3) is 3.35. The number of carboxylic acids is 1. The third-order valence-electron chi connectivity index (χ3n) is 2.65. The van der Waals surface area contributed by atoms with Gasteiger partial charge in [-0.2, -0.15) is 0 Å². The van der Waals surface area contributed by atoms with Gasteiger partial charge in [-0.1, -0.05) is 11.6 Å². The Labute approximate surface area is 123 Å². The molecule has 7 heteroatoms. The largest absolute Gasteiger partial charge is 0.478 e. The fourth-order valence-electron chi connectivity index (χ4n) is 1.62. The normalized spacial score (nSPS) is 10.2. The number of nitrogens with one attached hydrogen (secondary N) is 1. The Morgan fingerprint density at radius 3 is 2.19 bits per heavy atom. The summed E-state index contributed by atoms with van der Waals surface area (Å²) in [5, 5.41) is 11.6. The number of amides is 1. The minimum atomic E-state index is -1.49. The van der Waals surface area contributed by atoms with Crippen LogP contribution in [0.25, 0.3) is 0 Å². The second-order valence-corrected chi connectivity index (χ2v) is 4.51. The van der Waals surface area contributed by atoms with Crippen molar-refractivity contribution in [2.45, 2.75) is 0 Å². The Hall–Kier alpha value is -2.47. The van der Waals surface area contributed by atoms with Crippen LogP contribution >= 0.6 is 11.6 Å². The highest BCUT2D eigenvalue weighted by Gasteiger charge is 2.17. The summed E-state index contributed by atoms with van der Waals surface area (Å²) in [7, 11) is 0. The molecule has 1 amide bonds. The second kappa shape index (κ2) is 5.88. The van der Waals surface area contributed by atoms with Crippen LogP contribution in [0.15, 0.2) is 36.4 Å². The van der Waals surface area contributed by atoms with E-state index in [1.807, 2.05) is 0 Å². The van der Waals surface area contributed by atoms with Crippen LogP contribution in [0.3, 0.4) is 0 Å². The van der Waals surface area contributed by atoms with Crippen LogP contribution in [0.4, 0.5) is 14.5 Å². The molecule has 0 heterocycles. The predicted octanol–water partition coefficient (Wildman–Crippen LogP) is 3.57. The van der Waals surface area contributed by atoms with Crippen LogP contribution in [0.1, 0.15) is 20.7 Å². The molecule has 0 saturated carbocycles. The number of rotatable bonds is 3. The number of benzene rings is 2. The number of hydrogen-bond acceptors (Lipinski definition) is 2. The maximum Gasteiger partial charge on any atom is 0.337 e. The third-order valence-corrected chi connectivity index (χ3v) is 2.90. The highest BCUT2D eigenvalue weighted by atomic mass is 35.5. The molecule has 0 radical (unpaired) electrons. The van der Waals surface area contributed by atoms with Crippen molar-refractivity contribution in [2.75, 3.05) is 5.32 Å². The molecule has 2 rings (SSSR count). The van der Waals surface area contributed by atoms with Gasteiger partial charge in [0.1, 0.15) is 0 Å². The summed E-state index contributed by atoms with van der Waals surface area (Å²) in [4.78, 5) is 22.9. The van der Waals surface area contributed by atoms with Gasteiger partial charge in [-0.25, -0.2) is 13.6 Å². The zero-order valence-electron chi connectivity index (χ0n) is 10.4. The van der Waals surface area contributed by atoms with Gasteiger partial charge in [-0.05, 0) is 30.3 Å². The second-order valence-electron chi connectivity index (χ2n) is 4.08. The molecule has 0 aliphatic rings. The van der Waals surface area contributed by atoms with E-state index in [2.05, 4.69) is 5.32 Å². The number of halogens is 3. The molecule has 0 aromatic heterocycles. The first-order valence-electron chi connectivity index (χ1n) is 5.67. The summed E-state index contributed by atoms with van der Waals surface area (Å²) in [5.41, 5.74) is -0.682. The van der Waals surface area contributed by atoms with E-state index >= 15 is 0 Å². The summed E-state index contributed by atoms with van der Waals surface area (Å²) < 4.78 is 26.3. The first kappa shape index (κ1) is 14.9. The number of carbonyl (C=O) groups excluding carboxylic acids is 1. The first-order chi connectivity index (χ1) is 9.88. The summed E-state index contributed by atoms with van der Waals surface area (Å²) in [6, 6.07) is 6.90. The topological polar surface area (TPSA) is 66.4 Å². The van der Waals surface area contributed by atoms with Crippen LogP contribution in [0, 0.1) is 11.6 Å². The van der Waals surface area contributed by atoms with Gasteiger partial charge in [0.15, 0.2) is 11.6 Å². The lowest BCUT2D eigenvalue weighted by Crippen LogP contribution is -2.15. The van der Waals surface area contributed by atoms with Crippen LogP contribution in [-0.2, 0) is 0 Å². The van der Waals surface area contributed by atoms with Gasteiger partial charge >= 0.3 is 5.97 Å². The molecular weight excluding hydrogens is 304 g/mol. The van der Waals surface area contributed by atoms with E-state index < -0.39 is 29.1 Å². The average Bonchev–Trinajstić information content (AvgIpc) is 2.43. The standard InChI is InChI=1S/C14H8ClF2NO3/c15-8-3-1-7(2-4-8)13(19)18-12-6-11(17)10(16)5-9(12)14(20)21/h1-6H,(H,18,19)(H,20,21). The van der Waals surface area contributed by atoms with E-state index in [0.29, 0.717) is 17.2 Å².